The predicted octanol–water partition coefficient (Wildman–Crippen LogP) is 0.584. The number of carbonyl (C=O) groups is 2. The molecule has 0 aliphatic heterocycles. The van der Waals surface area contributed by atoms with Crippen molar-refractivity contribution in [3.8, 4) is 0 Å². The first-order valence-electron chi connectivity index (χ1n) is 4.02. The molecule has 4 heteroatoms. The minimum absolute atomic E-state index is 0.455. The predicted molar refractivity (Wildman–Crippen MR) is 49.1 cm³/mol. The van der Waals surface area contributed by atoms with E-state index in [-0.39, 0.29) is 0 Å². The van der Waals surface area contributed by atoms with Crippen LogP contribution in [0.1, 0.15) is 13.3 Å². The first-order chi connectivity index (χ1) is 6.02. The molecular weight excluding hydrogens is 170 g/mol. The highest BCUT2D eigenvalue weighted by atomic mass is 16.5. The molecule has 0 aromatic carbocycles. The van der Waals surface area contributed by atoms with E-state index < -0.39 is 11.8 Å². The van der Waals surface area contributed by atoms with Gasteiger partial charge in [-0.25, -0.2) is 4.79 Å². The molecule has 0 spiro atoms. The van der Waals surface area contributed by atoms with Gasteiger partial charge in [0.1, 0.15) is 0 Å². The van der Waals surface area contributed by atoms with Crippen LogP contribution in [0.2, 0.25) is 0 Å². The fraction of sp³-hybridized carbons (Fsp3) is 0.556. The second-order valence-corrected chi connectivity index (χ2v) is 2.79. The maximum Gasteiger partial charge on any atom is 0.379 e. The highest BCUT2D eigenvalue weighted by Crippen LogP contribution is 2.04. The van der Waals surface area contributed by atoms with Gasteiger partial charge in [0.05, 0.1) is 7.11 Å². The Balaban J connectivity index is 4.59. The van der Waals surface area contributed by atoms with Gasteiger partial charge in [-0.3, -0.25) is 4.79 Å². The Morgan fingerprint density at radius 1 is 1.38 bits per heavy atom. The van der Waals surface area contributed by atoms with E-state index in [0.29, 0.717) is 12.0 Å². The molecule has 0 atom stereocenters. The Kier molecular flexibility index (Phi) is 4.80. The summed E-state index contributed by atoms with van der Waals surface area (Å²) < 4.78 is 4.33. The number of nitrogens with zero attached hydrogens (tertiary/aromatic N) is 1. The average Bonchev–Trinajstić information content (AvgIpc) is 2.11. The van der Waals surface area contributed by atoms with E-state index in [0.717, 1.165) is 0 Å². The molecule has 0 bridgehead atoms. The summed E-state index contributed by atoms with van der Waals surface area (Å²) in [4.78, 5) is 23.9. The third-order valence-corrected chi connectivity index (χ3v) is 1.46. The van der Waals surface area contributed by atoms with Crippen LogP contribution in [-0.2, 0) is 14.3 Å². The molecule has 0 rings (SSSR count). The fourth-order valence-electron chi connectivity index (χ4n) is 0.846. The van der Waals surface area contributed by atoms with Gasteiger partial charge in [0.2, 0.25) is 0 Å². The number of carbonyl (C=O) groups excluding carboxylic acids is 2. The second kappa shape index (κ2) is 5.35. The molecule has 0 aliphatic carbocycles. The number of ketones is 1. The van der Waals surface area contributed by atoms with Crippen molar-refractivity contribution in [1.29, 1.82) is 0 Å². The standard InChI is InChI=1S/C9H15NO3/c1-5-7(6-10(2)3)8(11)9(12)13-4/h6H,5H2,1-4H3. The Morgan fingerprint density at radius 3 is 2.23 bits per heavy atom. The zero-order valence-electron chi connectivity index (χ0n) is 8.46. The lowest BCUT2D eigenvalue weighted by Crippen LogP contribution is -2.19. The van der Waals surface area contributed by atoms with Gasteiger partial charge in [0.25, 0.3) is 5.78 Å². The molecule has 0 fully saturated rings. The summed E-state index contributed by atoms with van der Waals surface area (Å²) in [6.07, 6.45) is 2.14. The summed E-state index contributed by atoms with van der Waals surface area (Å²) in [5, 5.41) is 0. The monoisotopic (exact) mass is 185 g/mol. The van der Waals surface area contributed by atoms with Crippen LogP contribution in [0.3, 0.4) is 0 Å². The number of hydrogen-bond donors (Lipinski definition) is 0. The minimum Gasteiger partial charge on any atom is -0.463 e. The SMILES string of the molecule is CCC(=CN(C)C)C(=O)C(=O)OC. The first-order valence-corrected chi connectivity index (χ1v) is 4.02. The third kappa shape index (κ3) is 3.73. The molecule has 0 aromatic rings. The molecule has 0 saturated heterocycles. The van der Waals surface area contributed by atoms with E-state index in [1.54, 1.807) is 25.2 Å². The smallest absolute Gasteiger partial charge is 0.379 e. The van der Waals surface area contributed by atoms with Crippen LogP contribution in [0.4, 0.5) is 0 Å². The normalized spacial score (nSPS) is 10.9. The summed E-state index contributed by atoms with van der Waals surface area (Å²) in [7, 11) is 4.78. The molecule has 0 N–H and O–H groups in total. The van der Waals surface area contributed by atoms with Crippen molar-refractivity contribution in [2.75, 3.05) is 21.2 Å². The lowest BCUT2D eigenvalue weighted by Gasteiger charge is -2.08. The number of ether oxygens (including phenoxy) is 1. The van der Waals surface area contributed by atoms with Crippen LogP contribution in [0, 0.1) is 0 Å². The van der Waals surface area contributed by atoms with Crippen LogP contribution in [-0.4, -0.2) is 37.9 Å². The van der Waals surface area contributed by atoms with Crippen molar-refractivity contribution in [3.05, 3.63) is 11.8 Å². The molecule has 0 aromatic heterocycles. The van der Waals surface area contributed by atoms with Crippen molar-refractivity contribution in [2.24, 2.45) is 0 Å². The van der Waals surface area contributed by atoms with E-state index in [4.69, 9.17) is 0 Å². The molecule has 0 radical (unpaired) electrons. The molecule has 74 valence electrons. The van der Waals surface area contributed by atoms with Crippen LogP contribution in [0.15, 0.2) is 11.8 Å². The Morgan fingerprint density at radius 2 is 1.92 bits per heavy atom. The number of rotatable bonds is 4. The summed E-state index contributed by atoms with van der Waals surface area (Å²) in [6.45, 7) is 1.82. The maximum atomic E-state index is 11.3. The summed E-state index contributed by atoms with van der Waals surface area (Å²) in [5.74, 6) is -1.38. The van der Waals surface area contributed by atoms with Gasteiger partial charge in [0.15, 0.2) is 0 Å². The quantitative estimate of drug-likeness (QED) is 0.365. The van der Waals surface area contributed by atoms with Gasteiger partial charge < -0.3 is 9.64 Å². The Hall–Kier alpha value is -1.32. The zero-order valence-corrected chi connectivity index (χ0v) is 8.46. The number of hydrogen-bond acceptors (Lipinski definition) is 4. The lowest BCUT2D eigenvalue weighted by molar-refractivity contribution is -0.149. The van der Waals surface area contributed by atoms with Crippen molar-refractivity contribution < 1.29 is 14.3 Å². The van der Waals surface area contributed by atoms with Gasteiger partial charge in [0, 0.05) is 25.9 Å². The molecule has 0 heterocycles. The molecule has 0 amide bonds. The van der Waals surface area contributed by atoms with Gasteiger partial charge in [-0.15, -0.1) is 0 Å². The van der Waals surface area contributed by atoms with Gasteiger partial charge in [-0.2, -0.15) is 0 Å². The molecule has 0 unspecified atom stereocenters. The number of Topliss-reactive ketones (excluding diaryl/α,β-unsaturated/α-hetero) is 1. The van der Waals surface area contributed by atoms with Crippen LogP contribution >= 0.6 is 0 Å². The summed E-state index contributed by atoms with van der Waals surface area (Å²) in [5.41, 5.74) is 0.455. The van der Waals surface area contributed by atoms with Crippen molar-refractivity contribution in [2.45, 2.75) is 13.3 Å². The Bertz CT molecular complexity index is 231. The fourth-order valence-corrected chi connectivity index (χ4v) is 0.846. The van der Waals surface area contributed by atoms with E-state index in [2.05, 4.69) is 4.74 Å². The molecule has 0 saturated carbocycles. The molecular formula is C9H15NO3. The van der Waals surface area contributed by atoms with E-state index in [1.807, 2.05) is 6.92 Å². The third-order valence-electron chi connectivity index (χ3n) is 1.46. The van der Waals surface area contributed by atoms with Crippen LogP contribution < -0.4 is 0 Å². The van der Waals surface area contributed by atoms with E-state index in [9.17, 15) is 9.59 Å². The highest BCUT2D eigenvalue weighted by molar-refractivity contribution is 6.40. The maximum absolute atomic E-state index is 11.3. The topological polar surface area (TPSA) is 46.6 Å². The molecule has 4 nitrogen and oxygen atoms in total. The largest absolute Gasteiger partial charge is 0.463 e. The number of methoxy groups -OCH3 is 1. The van der Waals surface area contributed by atoms with Crippen LogP contribution in [0.5, 0.6) is 0 Å². The van der Waals surface area contributed by atoms with Crippen LogP contribution in [0.25, 0.3) is 0 Å². The molecule has 13 heavy (non-hydrogen) atoms. The van der Waals surface area contributed by atoms with Gasteiger partial charge >= 0.3 is 5.97 Å². The average molecular weight is 185 g/mol. The minimum atomic E-state index is -0.810. The highest BCUT2D eigenvalue weighted by Gasteiger charge is 2.17. The van der Waals surface area contributed by atoms with Crippen molar-refractivity contribution in [1.82, 2.24) is 4.90 Å². The zero-order chi connectivity index (χ0) is 10.4. The van der Waals surface area contributed by atoms with E-state index >= 15 is 0 Å². The van der Waals surface area contributed by atoms with E-state index in [1.165, 1.54) is 7.11 Å². The second-order valence-electron chi connectivity index (χ2n) is 2.79. The van der Waals surface area contributed by atoms with Gasteiger partial charge in [-0.1, -0.05) is 6.92 Å². The number of esters is 1. The molecule has 0 aliphatic rings. The Labute approximate surface area is 78.2 Å². The van der Waals surface area contributed by atoms with Gasteiger partial charge in [-0.05, 0) is 6.42 Å². The lowest BCUT2D eigenvalue weighted by atomic mass is 10.1. The summed E-state index contributed by atoms with van der Waals surface area (Å²) in [6, 6.07) is 0. The van der Waals surface area contributed by atoms with Crippen molar-refractivity contribution >= 4 is 11.8 Å². The first kappa shape index (κ1) is 11.7. The summed E-state index contributed by atoms with van der Waals surface area (Å²) >= 11 is 0. The van der Waals surface area contributed by atoms with Crippen molar-refractivity contribution in [3.63, 3.8) is 0 Å².